The molecule has 0 spiro atoms. The van der Waals surface area contributed by atoms with Crippen LogP contribution in [0.2, 0.25) is 0 Å². The maximum atomic E-state index is 10.8. The summed E-state index contributed by atoms with van der Waals surface area (Å²) in [4.78, 5) is 19.2. The van der Waals surface area contributed by atoms with Crippen molar-refractivity contribution in [2.24, 2.45) is 0 Å². The van der Waals surface area contributed by atoms with Crippen LogP contribution in [0.25, 0.3) is 16.8 Å². The molecule has 0 atom stereocenters. The van der Waals surface area contributed by atoms with Gasteiger partial charge in [0.15, 0.2) is 5.65 Å². The average molecular weight is 213 g/mol. The summed E-state index contributed by atoms with van der Waals surface area (Å²) in [6.07, 6.45) is 3.18. The van der Waals surface area contributed by atoms with Gasteiger partial charge in [0, 0.05) is 12.4 Å². The monoisotopic (exact) mass is 213 g/mol. The molecule has 0 aromatic carbocycles. The van der Waals surface area contributed by atoms with Gasteiger partial charge in [0.05, 0.1) is 5.56 Å². The molecule has 1 N–H and O–H groups in total. The topological polar surface area (TPSA) is 67.5 Å². The summed E-state index contributed by atoms with van der Waals surface area (Å²) in [7, 11) is 0. The molecule has 0 unspecified atom stereocenters. The van der Waals surface area contributed by atoms with Crippen molar-refractivity contribution in [2.75, 3.05) is 0 Å². The summed E-state index contributed by atoms with van der Waals surface area (Å²) in [5.41, 5.74) is 2.16. The number of aromatic nitrogens is 3. The smallest absolute Gasteiger partial charge is 0.337 e. The second kappa shape index (κ2) is 3.03. The quantitative estimate of drug-likeness (QED) is 0.666. The molecule has 5 heteroatoms. The van der Waals surface area contributed by atoms with E-state index in [-0.39, 0.29) is 5.56 Å². The van der Waals surface area contributed by atoms with Gasteiger partial charge in [-0.3, -0.25) is 4.40 Å². The fraction of sp³-hybridized carbons (Fsp3) is 0. The molecule has 78 valence electrons. The molecule has 3 aromatic rings. The largest absolute Gasteiger partial charge is 0.478 e. The van der Waals surface area contributed by atoms with Gasteiger partial charge in [0.25, 0.3) is 0 Å². The number of carbonyl (C=O) groups is 1. The molecule has 3 heterocycles. The van der Waals surface area contributed by atoms with Gasteiger partial charge >= 0.3 is 5.97 Å². The van der Waals surface area contributed by atoms with E-state index in [0.717, 1.165) is 5.65 Å². The number of aromatic carboxylic acids is 1. The normalized spacial score (nSPS) is 11.0. The summed E-state index contributed by atoms with van der Waals surface area (Å²) in [6, 6.07) is 7.13. The first kappa shape index (κ1) is 8.84. The number of pyridine rings is 2. The molecule has 0 radical (unpaired) electrons. The number of carboxylic acids is 1. The predicted molar refractivity (Wildman–Crippen MR) is 57.5 cm³/mol. The first-order valence-corrected chi connectivity index (χ1v) is 4.72. The van der Waals surface area contributed by atoms with Crippen LogP contribution in [0.5, 0.6) is 0 Å². The molecule has 0 saturated heterocycles. The van der Waals surface area contributed by atoms with E-state index in [9.17, 15) is 4.79 Å². The van der Waals surface area contributed by atoms with Gasteiger partial charge in [-0.25, -0.2) is 14.8 Å². The molecule has 0 aliphatic rings. The number of carboxylic acid groups (broad SMARTS) is 1. The van der Waals surface area contributed by atoms with E-state index in [0.29, 0.717) is 11.2 Å². The van der Waals surface area contributed by atoms with Crippen LogP contribution in [0.1, 0.15) is 10.4 Å². The van der Waals surface area contributed by atoms with Crippen molar-refractivity contribution < 1.29 is 9.90 Å². The fourth-order valence-electron chi connectivity index (χ4n) is 1.66. The van der Waals surface area contributed by atoms with Gasteiger partial charge in [-0.15, -0.1) is 0 Å². The van der Waals surface area contributed by atoms with Crippen LogP contribution in [0.15, 0.2) is 36.7 Å². The van der Waals surface area contributed by atoms with Gasteiger partial charge in [-0.05, 0) is 18.2 Å². The van der Waals surface area contributed by atoms with Gasteiger partial charge < -0.3 is 5.11 Å². The van der Waals surface area contributed by atoms with Crippen LogP contribution in [-0.2, 0) is 0 Å². The third-order valence-electron chi connectivity index (χ3n) is 2.40. The zero-order valence-corrected chi connectivity index (χ0v) is 8.16. The summed E-state index contributed by atoms with van der Waals surface area (Å²) in [5, 5.41) is 8.84. The van der Waals surface area contributed by atoms with Crippen molar-refractivity contribution >= 4 is 22.8 Å². The summed E-state index contributed by atoms with van der Waals surface area (Å²) >= 11 is 0. The molecule has 0 aliphatic heterocycles. The third kappa shape index (κ3) is 1.15. The number of fused-ring (bicyclic) bond motifs is 3. The highest BCUT2D eigenvalue weighted by atomic mass is 16.4. The minimum Gasteiger partial charge on any atom is -0.478 e. The van der Waals surface area contributed by atoms with Gasteiger partial charge in [0.1, 0.15) is 11.2 Å². The van der Waals surface area contributed by atoms with E-state index in [1.165, 1.54) is 12.3 Å². The van der Waals surface area contributed by atoms with Crippen LogP contribution < -0.4 is 0 Å². The third-order valence-corrected chi connectivity index (χ3v) is 2.40. The van der Waals surface area contributed by atoms with E-state index < -0.39 is 5.97 Å². The molecule has 0 bridgehead atoms. The zero-order chi connectivity index (χ0) is 11.1. The highest BCUT2D eigenvalue weighted by Crippen LogP contribution is 2.15. The molecule has 0 fully saturated rings. The number of nitrogens with zero attached hydrogens (tertiary/aromatic N) is 3. The van der Waals surface area contributed by atoms with Crippen LogP contribution in [-0.4, -0.2) is 25.4 Å². The molecule has 3 aromatic heterocycles. The van der Waals surface area contributed by atoms with Crippen LogP contribution in [0, 0.1) is 0 Å². The molecule has 0 saturated carbocycles. The lowest BCUT2D eigenvalue weighted by Crippen LogP contribution is -1.97. The SMILES string of the molecule is O=C(O)c1cnc2c(c1)nc1ccccn12. The predicted octanol–water partition coefficient (Wildman–Crippen LogP) is 1.58. The Morgan fingerprint density at radius 3 is 3.06 bits per heavy atom. The second-order valence-corrected chi connectivity index (χ2v) is 3.41. The van der Waals surface area contributed by atoms with Crippen molar-refractivity contribution in [3.8, 4) is 0 Å². The van der Waals surface area contributed by atoms with Gasteiger partial charge in [-0.1, -0.05) is 6.07 Å². The number of hydrogen-bond acceptors (Lipinski definition) is 3. The molecule has 16 heavy (non-hydrogen) atoms. The summed E-state index contributed by atoms with van der Waals surface area (Å²) in [5.74, 6) is -0.994. The van der Waals surface area contributed by atoms with E-state index in [1.807, 2.05) is 28.8 Å². The lowest BCUT2D eigenvalue weighted by Gasteiger charge is -1.94. The number of rotatable bonds is 1. The molecule has 0 aliphatic carbocycles. The lowest BCUT2D eigenvalue weighted by molar-refractivity contribution is 0.0696. The highest BCUT2D eigenvalue weighted by Gasteiger charge is 2.09. The Kier molecular flexibility index (Phi) is 1.67. The Morgan fingerprint density at radius 1 is 1.38 bits per heavy atom. The maximum absolute atomic E-state index is 10.8. The zero-order valence-electron chi connectivity index (χ0n) is 8.16. The van der Waals surface area contributed by atoms with Crippen LogP contribution in [0.3, 0.4) is 0 Å². The molecule has 5 nitrogen and oxygen atoms in total. The average Bonchev–Trinajstić information content (AvgIpc) is 2.66. The maximum Gasteiger partial charge on any atom is 0.337 e. The van der Waals surface area contributed by atoms with Crippen LogP contribution >= 0.6 is 0 Å². The van der Waals surface area contributed by atoms with Gasteiger partial charge in [-0.2, -0.15) is 0 Å². The van der Waals surface area contributed by atoms with Crippen LogP contribution in [0.4, 0.5) is 0 Å². The molecular formula is C11H7N3O2. The second-order valence-electron chi connectivity index (χ2n) is 3.41. The molecular weight excluding hydrogens is 206 g/mol. The number of hydrogen-bond donors (Lipinski definition) is 1. The Labute approximate surface area is 90.0 Å². The standard InChI is InChI=1S/C11H7N3O2/c15-11(16)7-5-8-10(12-6-7)14-4-2-1-3-9(14)13-8/h1-6H,(H,15,16). The minimum atomic E-state index is -0.994. The lowest BCUT2D eigenvalue weighted by atomic mass is 10.3. The van der Waals surface area contributed by atoms with Crippen molar-refractivity contribution in [1.82, 2.24) is 14.4 Å². The van der Waals surface area contributed by atoms with E-state index >= 15 is 0 Å². The molecule has 3 rings (SSSR count). The first-order valence-electron chi connectivity index (χ1n) is 4.72. The Bertz CT molecular complexity index is 703. The Morgan fingerprint density at radius 2 is 2.25 bits per heavy atom. The summed E-state index contributed by atoms with van der Waals surface area (Å²) in [6.45, 7) is 0. The van der Waals surface area contributed by atoms with E-state index in [1.54, 1.807) is 0 Å². The Balaban J connectivity index is 2.41. The molecule has 0 amide bonds. The minimum absolute atomic E-state index is 0.149. The van der Waals surface area contributed by atoms with E-state index in [2.05, 4.69) is 9.97 Å². The van der Waals surface area contributed by atoms with Crippen molar-refractivity contribution in [1.29, 1.82) is 0 Å². The fourth-order valence-corrected chi connectivity index (χ4v) is 1.66. The highest BCUT2D eigenvalue weighted by molar-refractivity contribution is 5.91. The van der Waals surface area contributed by atoms with Crippen molar-refractivity contribution in [2.45, 2.75) is 0 Å². The first-order chi connectivity index (χ1) is 7.75. The van der Waals surface area contributed by atoms with E-state index in [4.69, 9.17) is 5.11 Å². The van der Waals surface area contributed by atoms with Gasteiger partial charge in [0.2, 0.25) is 0 Å². The number of imidazole rings is 1. The van der Waals surface area contributed by atoms with Crippen molar-refractivity contribution in [3.05, 3.63) is 42.2 Å². The summed E-state index contributed by atoms with van der Waals surface area (Å²) < 4.78 is 1.82. The Hall–Kier alpha value is -2.43. The van der Waals surface area contributed by atoms with Crippen molar-refractivity contribution in [3.63, 3.8) is 0 Å².